The molecule has 0 radical (unpaired) electrons. The van der Waals surface area contributed by atoms with Crippen molar-refractivity contribution in [3.05, 3.63) is 59.1 Å². The second kappa shape index (κ2) is 11.6. The van der Waals surface area contributed by atoms with Crippen LogP contribution in [0.15, 0.2) is 42.5 Å². The predicted octanol–water partition coefficient (Wildman–Crippen LogP) is 4.52. The summed E-state index contributed by atoms with van der Waals surface area (Å²) in [5.74, 6) is -2.02. The Bertz CT molecular complexity index is 1130. The summed E-state index contributed by atoms with van der Waals surface area (Å²) in [6, 6.07) is 7.89. The van der Waals surface area contributed by atoms with Crippen molar-refractivity contribution in [1.29, 1.82) is 0 Å². The Balaban J connectivity index is 1.64. The van der Waals surface area contributed by atoms with Crippen LogP contribution in [0.5, 0.6) is 5.75 Å². The number of hydrogen-bond donors (Lipinski definition) is 2. The molecule has 1 fully saturated rings. The number of piperidine rings is 1. The minimum Gasteiger partial charge on any atom is -0.484 e. The van der Waals surface area contributed by atoms with Crippen molar-refractivity contribution in [1.82, 2.24) is 10.2 Å². The molecule has 2 atom stereocenters. The van der Waals surface area contributed by atoms with Crippen LogP contribution >= 0.6 is 11.6 Å². The summed E-state index contributed by atoms with van der Waals surface area (Å²) in [5.41, 5.74) is -0.547. The first-order valence-corrected chi connectivity index (χ1v) is 11.7. The molecule has 0 spiro atoms. The Morgan fingerprint density at radius 2 is 1.86 bits per heavy atom. The number of carbonyl (C=O) groups is 3. The smallest absolute Gasteiger partial charge is 0.411 e. The van der Waals surface area contributed by atoms with Crippen molar-refractivity contribution in [2.75, 3.05) is 18.5 Å². The molecule has 0 aliphatic carbocycles. The molecule has 1 heterocycles. The summed E-state index contributed by atoms with van der Waals surface area (Å²) >= 11 is 5.64. The summed E-state index contributed by atoms with van der Waals surface area (Å²) in [5, 5.41) is 5.33. The molecule has 2 aromatic rings. The van der Waals surface area contributed by atoms with Gasteiger partial charge in [-0.2, -0.15) is 0 Å². The van der Waals surface area contributed by atoms with Crippen molar-refractivity contribution in [2.45, 2.75) is 51.3 Å². The first-order valence-electron chi connectivity index (χ1n) is 11.3. The maximum atomic E-state index is 13.6. The molecule has 1 saturated heterocycles. The normalized spacial score (nSPS) is 17.8. The van der Waals surface area contributed by atoms with Crippen molar-refractivity contribution in [2.24, 2.45) is 0 Å². The molecule has 11 heteroatoms. The zero-order valence-electron chi connectivity index (χ0n) is 20.1. The highest BCUT2D eigenvalue weighted by Gasteiger charge is 2.38. The second-order valence-corrected chi connectivity index (χ2v) is 9.76. The molecular weight excluding hydrogens is 496 g/mol. The summed E-state index contributed by atoms with van der Waals surface area (Å²) in [7, 11) is 0. The molecule has 1 aliphatic rings. The van der Waals surface area contributed by atoms with Gasteiger partial charge in [0.25, 0.3) is 5.91 Å². The zero-order valence-corrected chi connectivity index (χ0v) is 20.9. The lowest BCUT2D eigenvalue weighted by molar-refractivity contribution is -0.125. The lowest BCUT2D eigenvalue weighted by atomic mass is 9.97. The minimum absolute atomic E-state index is 0.0114. The summed E-state index contributed by atoms with van der Waals surface area (Å²) in [6.45, 7) is 4.73. The van der Waals surface area contributed by atoms with Gasteiger partial charge in [-0.25, -0.2) is 13.6 Å². The van der Waals surface area contributed by atoms with Gasteiger partial charge in [-0.3, -0.25) is 14.5 Å². The van der Waals surface area contributed by atoms with Crippen molar-refractivity contribution < 1.29 is 32.6 Å². The Labute approximate surface area is 212 Å². The maximum Gasteiger partial charge on any atom is 0.411 e. The molecule has 194 valence electrons. The van der Waals surface area contributed by atoms with Crippen LogP contribution in [0, 0.1) is 11.6 Å². The average molecular weight is 524 g/mol. The van der Waals surface area contributed by atoms with Crippen LogP contribution < -0.4 is 15.4 Å². The fourth-order valence-electron chi connectivity index (χ4n) is 3.66. The van der Waals surface area contributed by atoms with E-state index in [2.05, 4.69) is 10.6 Å². The van der Waals surface area contributed by atoms with Gasteiger partial charge in [-0.1, -0.05) is 17.7 Å². The fourth-order valence-corrected chi connectivity index (χ4v) is 3.78. The number of nitrogens with one attached hydrogen (secondary N) is 2. The molecule has 0 bridgehead atoms. The van der Waals surface area contributed by atoms with E-state index in [1.54, 1.807) is 20.8 Å². The van der Waals surface area contributed by atoms with Gasteiger partial charge in [0.1, 0.15) is 29.0 Å². The number of amides is 3. The van der Waals surface area contributed by atoms with Gasteiger partial charge in [0, 0.05) is 24.3 Å². The molecule has 2 aromatic carbocycles. The summed E-state index contributed by atoms with van der Waals surface area (Å²) in [6.07, 6.45) is -0.0927. The fraction of sp³-hybridized carbons (Fsp3) is 0.400. The van der Waals surface area contributed by atoms with E-state index in [9.17, 15) is 23.2 Å². The summed E-state index contributed by atoms with van der Waals surface area (Å²) in [4.78, 5) is 39.6. The third-order valence-corrected chi connectivity index (χ3v) is 5.54. The number of halogens is 3. The summed E-state index contributed by atoms with van der Waals surface area (Å²) < 4.78 is 37.9. The van der Waals surface area contributed by atoms with Crippen molar-refractivity contribution >= 4 is 35.2 Å². The molecule has 2 unspecified atom stereocenters. The molecule has 0 aromatic heterocycles. The van der Waals surface area contributed by atoms with Crippen LogP contribution in [-0.4, -0.2) is 53.6 Å². The van der Waals surface area contributed by atoms with Gasteiger partial charge in [0.15, 0.2) is 6.61 Å². The lowest BCUT2D eigenvalue weighted by Gasteiger charge is -2.39. The molecule has 0 saturated carbocycles. The van der Waals surface area contributed by atoms with Gasteiger partial charge in [0.2, 0.25) is 5.91 Å². The number of carbonyl (C=O) groups excluding carboxylic acids is 3. The van der Waals surface area contributed by atoms with E-state index in [1.807, 2.05) is 0 Å². The monoisotopic (exact) mass is 523 g/mol. The van der Waals surface area contributed by atoms with Gasteiger partial charge in [-0.05, 0) is 63.9 Å². The molecular formula is C25H28ClF2N3O5. The zero-order chi connectivity index (χ0) is 26.5. The van der Waals surface area contributed by atoms with Crippen LogP contribution in [-0.2, 0) is 14.3 Å². The van der Waals surface area contributed by atoms with Gasteiger partial charge >= 0.3 is 6.09 Å². The van der Waals surface area contributed by atoms with Crippen LogP contribution in [0.25, 0.3) is 0 Å². The van der Waals surface area contributed by atoms with Gasteiger partial charge < -0.3 is 20.1 Å². The Kier molecular flexibility index (Phi) is 8.73. The predicted molar refractivity (Wildman–Crippen MR) is 130 cm³/mol. The Morgan fingerprint density at radius 1 is 1.11 bits per heavy atom. The Hall–Kier alpha value is -3.40. The molecule has 3 rings (SSSR count). The number of benzene rings is 2. The van der Waals surface area contributed by atoms with Crippen molar-refractivity contribution in [3.8, 4) is 5.75 Å². The highest BCUT2D eigenvalue weighted by molar-refractivity contribution is 6.30. The largest absolute Gasteiger partial charge is 0.484 e. The SMILES string of the molecule is CC(C)(C)OC(=O)N1CC(NC(=O)COc2ccc(Cl)c(F)c2)CCC1C(=O)Nc1cccc(F)c1. The number of likely N-dealkylation sites (tertiary alicyclic amines) is 1. The number of nitrogens with zero attached hydrogens (tertiary/aromatic N) is 1. The van der Waals surface area contributed by atoms with E-state index in [-0.39, 0.29) is 36.0 Å². The number of hydrogen-bond acceptors (Lipinski definition) is 5. The van der Waals surface area contributed by atoms with Crippen LogP contribution in [0.3, 0.4) is 0 Å². The topological polar surface area (TPSA) is 97.0 Å². The van der Waals surface area contributed by atoms with Crippen LogP contribution in [0.2, 0.25) is 5.02 Å². The standard InChI is InChI=1S/C25H28ClF2N3O5/c1-25(2,3)36-24(34)31-13-17(29-22(32)14-35-18-8-9-19(26)20(28)12-18)7-10-21(31)23(33)30-16-6-4-5-15(27)11-16/h4-6,8-9,11-12,17,21H,7,10,13-14H2,1-3H3,(H,29,32)(H,30,33). The molecule has 2 N–H and O–H groups in total. The second-order valence-electron chi connectivity index (χ2n) is 9.35. The third kappa shape index (κ3) is 7.81. The van der Waals surface area contributed by atoms with Crippen LogP contribution in [0.1, 0.15) is 33.6 Å². The highest BCUT2D eigenvalue weighted by atomic mass is 35.5. The van der Waals surface area contributed by atoms with E-state index in [0.29, 0.717) is 6.42 Å². The first-order chi connectivity index (χ1) is 16.9. The average Bonchev–Trinajstić information content (AvgIpc) is 2.78. The van der Waals surface area contributed by atoms with E-state index in [4.69, 9.17) is 21.1 Å². The molecule has 8 nitrogen and oxygen atoms in total. The first kappa shape index (κ1) is 27.2. The quantitative estimate of drug-likeness (QED) is 0.580. The number of ether oxygens (including phenoxy) is 2. The van der Waals surface area contributed by atoms with Crippen LogP contribution in [0.4, 0.5) is 19.3 Å². The number of anilines is 1. The van der Waals surface area contributed by atoms with Gasteiger partial charge in [-0.15, -0.1) is 0 Å². The highest BCUT2D eigenvalue weighted by Crippen LogP contribution is 2.23. The Morgan fingerprint density at radius 3 is 2.53 bits per heavy atom. The van der Waals surface area contributed by atoms with E-state index < -0.39 is 47.2 Å². The van der Waals surface area contributed by atoms with E-state index >= 15 is 0 Å². The van der Waals surface area contributed by atoms with Gasteiger partial charge in [0.05, 0.1) is 5.02 Å². The maximum absolute atomic E-state index is 13.6. The van der Waals surface area contributed by atoms with Crippen molar-refractivity contribution in [3.63, 3.8) is 0 Å². The lowest BCUT2D eigenvalue weighted by Crippen LogP contribution is -2.58. The van der Waals surface area contributed by atoms with E-state index in [0.717, 1.165) is 6.07 Å². The molecule has 36 heavy (non-hydrogen) atoms. The third-order valence-electron chi connectivity index (χ3n) is 5.23. The molecule has 3 amide bonds. The minimum atomic E-state index is -0.885. The van der Waals surface area contributed by atoms with E-state index in [1.165, 1.54) is 41.3 Å². The molecule has 1 aliphatic heterocycles. The number of rotatable bonds is 6.